The van der Waals surface area contributed by atoms with E-state index in [1.807, 2.05) is 27.7 Å². The van der Waals surface area contributed by atoms with Crippen molar-refractivity contribution >= 4 is 6.09 Å². The highest BCUT2D eigenvalue weighted by Crippen LogP contribution is 2.35. The van der Waals surface area contributed by atoms with Gasteiger partial charge in [-0.1, -0.05) is 0 Å². The maximum atomic E-state index is 11.6. The third-order valence-electron chi connectivity index (χ3n) is 2.97. The first-order valence-electron chi connectivity index (χ1n) is 6.15. The minimum Gasteiger partial charge on any atom is -0.444 e. The summed E-state index contributed by atoms with van der Waals surface area (Å²) in [6, 6.07) is 2.40. The van der Waals surface area contributed by atoms with Crippen molar-refractivity contribution in [2.75, 3.05) is 0 Å². The molecule has 0 saturated heterocycles. The van der Waals surface area contributed by atoms with Crippen molar-refractivity contribution in [2.45, 2.75) is 65.0 Å². The molecule has 0 spiro atoms. The number of nitrogens with zero attached hydrogens (tertiary/aromatic N) is 1. The van der Waals surface area contributed by atoms with E-state index in [-0.39, 0.29) is 17.6 Å². The van der Waals surface area contributed by atoms with E-state index in [2.05, 4.69) is 11.4 Å². The Labute approximate surface area is 103 Å². The predicted octanol–water partition coefficient (Wildman–Crippen LogP) is 2.98. The van der Waals surface area contributed by atoms with Crippen LogP contribution in [0.4, 0.5) is 4.79 Å². The molecule has 1 N–H and O–H groups in total. The summed E-state index contributed by atoms with van der Waals surface area (Å²) in [4.78, 5) is 11.6. The number of amides is 1. The minimum absolute atomic E-state index is 0.0586. The molecule has 0 aromatic rings. The topological polar surface area (TPSA) is 62.1 Å². The van der Waals surface area contributed by atoms with Gasteiger partial charge in [-0.3, -0.25) is 0 Å². The Morgan fingerprint density at radius 1 is 1.53 bits per heavy atom. The standard InChI is InChI=1S/C13H22N2O2/c1-12(2,3)17-11(16)15-10-6-5-7-13(4,8-10)9-14/h10H,5-8H2,1-4H3,(H,15,16)/t10-,13-/m1/s1. The molecule has 0 aromatic heterocycles. The molecule has 1 fully saturated rings. The van der Waals surface area contributed by atoms with Crippen molar-refractivity contribution in [2.24, 2.45) is 5.41 Å². The zero-order valence-corrected chi connectivity index (χ0v) is 11.2. The fraction of sp³-hybridized carbons (Fsp3) is 0.846. The molecule has 0 bridgehead atoms. The van der Waals surface area contributed by atoms with Gasteiger partial charge in [0.15, 0.2) is 0 Å². The zero-order chi connectivity index (χ0) is 13.1. The van der Waals surface area contributed by atoms with E-state index in [9.17, 15) is 4.79 Å². The Kier molecular flexibility index (Phi) is 4.03. The smallest absolute Gasteiger partial charge is 0.407 e. The second-order valence-corrected chi connectivity index (χ2v) is 6.11. The number of rotatable bonds is 1. The van der Waals surface area contributed by atoms with Gasteiger partial charge in [-0.25, -0.2) is 4.79 Å². The average molecular weight is 238 g/mol. The minimum atomic E-state index is -0.475. The summed E-state index contributed by atoms with van der Waals surface area (Å²) in [6.45, 7) is 7.47. The van der Waals surface area contributed by atoms with Gasteiger partial charge in [-0.15, -0.1) is 0 Å². The van der Waals surface area contributed by atoms with Gasteiger partial charge in [0.25, 0.3) is 0 Å². The van der Waals surface area contributed by atoms with E-state index in [1.165, 1.54) is 0 Å². The number of carbonyl (C=O) groups is 1. The molecular formula is C13H22N2O2. The summed E-state index contributed by atoms with van der Waals surface area (Å²) < 4.78 is 5.21. The van der Waals surface area contributed by atoms with Gasteiger partial charge in [-0.05, 0) is 53.4 Å². The van der Waals surface area contributed by atoms with Crippen LogP contribution < -0.4 is 5.32 Å². The van der Waals surface area contributed by atoms with Crippen molar-refractivity contribution in [3.8, 4) is 6.07 Å². The number of alkyl carbamates (subject to hydrolysis) is 1. The van der Waals surface area contributed by atoms with Crippen molar-refractivity contribution in [3.63, 3.8) is 0 Å². The summed E-state index contributed by atoms with van der Waals surface area (Å²) in [5.74, 6) is 0. The molecule has 17 heavy (non-hydrogen) atoms. The lowest BCUT2D eigenvalue weighted by Crippen LogP contribution is -2.43. The van der Waals surface area contributed by atoms with Crippen LogP contribution in [0.2, 0.25) is 0 Å². The Hall–Kier alpha value is -1.24. The van der Waals surface area contributed by atoms with Gasteiger partial charge in [0.2, 0.25) is 0 Å². The van der Waals surface area contributed by atoms with Gasteiger partial charge in [0, 0.05) is 6.04 Å². The SMILES string of the molecule is CC(C)(C)OC(=O)N[C@@H]1CCC[C@@](C)(C#N)C1. The Morgan fingerprint density at radius 2 is 2.18 bits per heavy atom. The number of nitrogens with one attached hydrogen (secondary N) is 1. The molecule has 1 saturated carbocycles. The summed E-state index contributed by atoms with van der Waals surface area (Å²) in [5, 5.41) is 11.9. The first-order chi connectivity index (χ1) is 7.74. The van der Waals surface area contributed by atoms with E-state index in [0.717, 1.165) is 19.3 Å². The third-order valence-corrected chi connectivity index (χ3v) is 2.97. The lowest BCUT2D eigenvalue weighted by atomic mass is 9.75. The second-order valence-electron chi connectivity index (χ2n) is 6.11. The highest BCUT2D eigenvalue weighted by atomic mass is 16.6. The molecule has 0 unspecified atom stereocenters. The molecule has 4 nitrogen and oxygen atoms in total. The first-order valence-corrected chi connectivity index (χ1v) is 6.15. The van der Waals surface area contributed by atoms with Gasteiger partial charge in [-0.2, -0.15) is 5.26 Å². The molecule has 1 rings (SSSR count). The summed E-state index contributed by atoms with van der Waals surface area (Å²) in [7, 11) is 0. The van der Waals surface area contributed by atoms with Gasteiger partial charge in [0.05, 0.1) is 11.5 Å². The quantitative estimate of drug-likeness (QED) is 0.763. The Morgan fingerprint density at radius 3 is 2.71 bits per heavy atom. The number of hydrogen-bond donors (Lipinski definition) is 1. The van der Waals surface area contributed by atoms with Crippen LogP contribution in [0.5, 0.6) is 0 Å². The second kappa shape index (κ2) is 4.95. The van der Waals surface area contributed by atoms with Crippen LogP contribution in [0.3, 0.4) is 0 Å². The van der Waals surface area contributed by atoms with E-state index in [4.69, 9.17) is 10.00 Å². The normalized spacial score (nSPS) is 29.2. The molecule has 4 heteroatoms. The van der Waals surface area contributed by atoms with Crippen LogP contribution in [-0.4, -0.2) is 17.7 Å². The van der Waals surface area contributed by atoms with Crippen LogP contribution in [-0.2, 0) is 4.74 Å². The van der Waals surface area contributed by atoms with Crippen molar-refractivity contribution in [1.82, 2.24) is 5.32 Å². The molecule has 0 aliphatic heterocycles. The monoisotopic (exact) mass is 238 g/mol. The van der Waals surface area contributed by atoms with Gasteiger partial charge >= 0.3 is 6.09 Å². The van der Waals surface area contributed by atoms with Crippen molar-refractivity contribution in [3.05, 3.63) is 0 Å². The van der Waals surface area contributed by atoms with Crippen LogP contribution in [0.25, 0.3) is 0 Å². The highest BCUT2D eigenvalue weighted by Gasteiger charge is 2.33. The van der Waals surface area contributed by atoms with Crippen molar-refractivity contribution in [1.29, 1.82) is 5.26 Å². The van der Waals surface area contributed by atoms with Gasteiger partial charge in [0.1, 0.15) is 5.60 Å². The third kappa shape index (κ3) is 4.64. The van der Waals surface area contributed by atoms with E-state index in [1.54, 1.807) is 0 Å². The summed E-state index contributed by atoms with van der Waals surface area (Å²) >= 11 is 0. The lowest BCUT2D eigenvalue weighted by molar-refractivity contribution is 0.0477. The Balaban J connectivity index is 2.48. The maximum Gasteiger partial charge on any atom is 0.407 e. The molecular weight excluding hydrogens is 216 g/mol. The Bertz CT molecular complexity index is 327. The van der Waals surface area contributed by atoms with Crippen LogP contribution in [0, 0.1) is 16.7 Å². The number of nitriles is 1. The molecule has 2 atom stereocenters. The summed E-state index contributed by atoms with van der Waals surface area (Å²) in [5.41, 5.74) is -0.783. The molecule has 0 heterocycles. The van der Waals surface area contributed by atoms with E-state index >= 15 is 0 Å². The number of ether oxygens (including phenoxy) is 1. The van der Waals surface area contributed by atoms with E-state index in [0.29, 0.717) is 6.42 Å². The molecule has 1 amide bonds. The largest absolute Gasteiger partial charge is 0.444 e. The van der Waals surface area contributed by atoms with Gasteiger partial charge < -0.3 is 10.1 Å². The molecule has 0 aromatic carbocycles. The summed E-state index contributed by atoms with van der Waals surface area (Å²) in [6.07, 6.45) is 3.14. The fourth-order valence-electron chi connectivity index (χ4n) is 2.19. The molecule has 96 valence electrons. The average Bonchev–Trinajstić information content (AvgIpc) is 2.14. The molecule has 0 radical (unpaired) electrons. The molecule has 1 aliphatic rings. The number of carbonyl (C=O) groups excluding carboxylic acids is 1. The lowest BCUT2D eigenvalue weighted by Gasteiger charge is -2.33. The fourth-order valence-corrected chi connectivity index (χ4v) is 2.19. The van der Waals surface area contributed by atoms with Crippen LogP contribution >= 0.6 is 0 Å². The maximum absolute atomic E-state index is 11.6. The predicted molar refractivity (Wildman–Crippen MR) is 65.3 cm³/mol. The van der Waals surface area contributed by atoms with Crippen LogP contribution in [0.1, 0.15) is 53.4 Å². The van der Waals surface area contributed by atoms with Crippen LogP contribution in [0.15, 0.2) is 0 Å². The number of hydrogen-bond acceptors (Lipinski definition) is 3. The first kappa shape index (κ1) is 13.8. The van der Waals surface area contributed by atoms with Crippen molar-refractivity contribution < 1.29 is 9.53 Å². The zero-order valence-electron chi connectivity index (χ0n) is 11.2. The highest BCUT2D eigenvalue weighted by molar-refractivity contribution is 5.68. The van der Waals surface area contributed by atoms with E-state index < -0.39 is 5.60 Å². The molecule has 1 aliphatic carbocycles.